The molecule has 0 unspecified atom stereocenters. The summed E-state index contributed by atoms with van der Waals surface area (Å²) in [7, 11) is 0. The molecule has 0 spiro atoms. The van der Waals surface area contributed by atoms with E-state index in [1.807, 2.05) is 6.92 Å². The molecule has 0 fully saturated rings. The van der Waals surface area contributed by atoms with E-state index in [4.69, 9.17) is 5.53 Å². The Morgan fingerprint density at radius 3 is 2.67 bits per heavy atom. The van der Waals surface area contributed by atoms with E-state index in [0.29, 0.717) is 6.54 Å². The van der Waals surface area contributed by atoms with Gasteiger partial charge in [0.1, 0.15) is 6.34 Å². The zero-order valence-electron chi connectivity index (χ0n) is 3.68. The molecule has 0 radical (unpaired) electrons. The van der Waals surface area contributed by atoms with Gasteiger partial charge in [-0.05, 0) is 6.92 Å². The van der Waals surface area contributed by atoms with Crippen LogP contribution in [0.2, 0.25) is 0 Å². The second-order valence-electron chi connectivity index (χ2n) is 0.743. The molecule has 0 aromatic carbocycles. The Balaban J connectivity index is 2.94. The van der Waals surface area contributed by atoms with Crippen molar-refractivity contribution < 1.29 is 0 Å². The molecule has 0 atom stereocenters. The Bertz CT molecular complexity index is 57.1. The monoisotopic (exact) mass is 85.1 g/mol. The summed E-state index contributed by atoms with van der Waals surface area (Å²) in [6.45, 7) is 2.60. The van der Waals surface area contributed by atoms with Crippen LogP contribution in [0.3, 0.4) is 0 Å². The van der Waals surface area contributed by atoms with Gasteiger partial charge >= 0.3 is 0 Å². The minimum absolute atomic E-state index is 0.711. The highest BCUT2D eigenvalue weighted by atomic mass is 15.0. The third-order valence-corrected chi connectivity index (χ3v) is 0.322. The van der Waals surface area contributed by atoms with E-state index >= 15 is 0 Å². The lowest BCUT2D eigenvalue weighted by Gasteiger charge is -1.68. The van der Waals surface area contributed by atoms with Gasteiger partial charge in [0.15, 0.2) is 0 Å². The molecule has 1 N–H and O–H groups in total. The van der Waals surface area contributed by atoms with Crippen molar-refractivity contribution in [1.29, 1.82) is 5.53 Å². The molecule has 0 aliphatic rings. The van der Waals surface area contributed by atoms with E-state index in [0.717, 1.165) is 0 Å². The molecule has 0 heterocycles. The third kappa shape index (κ3) is 3.27. The molecule has 0 amide bonds. The molecule has 0 aliphatic carbocycles. The van der Waals surface area contributed by atoms with Crippen molar-refractivity contribution in [2.24, 2.45) is 10.1 Å². The number of nitrogens with one attached hydrogen (secondary N) is 1. The van der Waals surface area contributed by atoms with Crippen LogP contribution in [0.4, 0.5) is 0 Å². The summed E-state index contributed by atoms with van der Waals surface area (Å²) in [6.07, 6.45) is 1.22. The molecule has 0 aromatic heterocycles. The highest BCUT2D eigenvalue weighted by Crippen LogP contribution is 1.60. The normalized spacial score (nSPS) is 9.50. The van der Waals surface area contributed by atoms with Crippen LogP contribution in [-0.4, -0.2) is 12.9 Å². The summed E-state index contributed by atoms with van der Waals surface area (Å²) in [5.74, 6) is 0. The predicted octanol–water partition coefficient (Wildman–Crippen LogP) is 1.07. The first-order valence-electron chi connectivity index (χ1n) is 1.76. The SMILES string of the molecule is CCN=CN=N. The Morgan fingerprint density at radius 1 is 1.83 bits per heavy atom. The minimum atomic E-state index is 0.711. The van der Waals surface area contributed by atoms with Gasteiger partial charge in [-0.2, -0.15) is 0 Å². The highest BCUT2D eigenvalue weighted by molar-refractivity contribution is 5.53. The van der Waals surface area contributed by atoms with Crippen LogP contribution in [0.15, 0.2) is 10.1 Å². The van der Waals surface area contributed by atoms with Gasteiger partial charge in [-0.25, -0.2) is 5.53 Å². The first-order valence-corrected chi connectivity index (χ1v) is 1.76. The van der Waals surface area contributed by atoms with Gasteiger partial charge < -0.3 is 0 Å². The van der Waals surface area contributed by atoms with E-state index < -0.39 is 0 Å². The predicted molar refractivity (Wildman–Crippen MR) is 24.2 cm³/mol. The van der Waals surface area contributed by atoms with Gasteiger partial charge in [0.2, 0.25) is 0 Å². The molecule has 0 rings (SSSR count). The Hall–Kier alpha value is -0.730. The third-order valence-electron chi connectivity index (χ3n) is 0.322. The summed E-state index contributed by atoms with van der Waals surface area (Å²) in [6, 6.07) is 0. The number of hydrogen-bond donors (Lipinski definition) is 1. The fourth-order valence-electron chi connectivity index (χ4n) is 0.122. The second-order valence-corrected chi connectivity index (χ2v) is 0.743. The lowest BCUT2D eigenvalue weighted by atomic mass is 10.8. The molecule has 3 heteroatoms. The summed E-state index contributed by atoms with van der Waals surface area (Å²) < 4.78 is 0. The quantitative estimate of drug-likeness (QED) is 0.296. The molecule has 0 aliphatic heterocycles. The van der Waals surface area contributed by atoms with Crippen molar-refractivity contribution in [3.63, 3.8) is 0 Å². The maximum absolute atomic E-state index is 6.18. The molecule has 0 bridgehead atoms. The molecule has 34 valence electrons. The van der Waals surface area contributed by atoms with Gasteiger partial charge in [-0.3, -0.25) is 4.99 Å². The van der Waals surface area contributed by atoms with Crippen molar-refractivity contribution in [2.75, 3.05) is 6.54 Å². The van der Waals surface area contributed by atoms with Crippen molar-refractivity contribution in [3.05, 3.63) is 0 Å². The summed E-state index contributed by atoms with van der Waals surface area (Å²) in [5, 5.41) is 2.88. The first-order chi connectivity index (χ1) is 2.91. The number of nitrogens with zero attached hydrogens (tertiary/aromatic N) is 2. The molecular formula is C3H7N3. The van der Waals surface area contributed by atoms with E-state index in [2.05, 4.69) is 10.1 Å². The largest absolute Gasteiger partial charge is 0.272 e. The fourth-order valence-corrected chi connectivity index (χ4v) is 0.122. The molecule has 0 saturated heterocycles. The maximum Gasteiger partial charge on any atom is 0.132 e. The summed E-state index contributed by atoms with van der Waals surface area (Å²) in [5.41, 5.74) is 6.18. The van der Waals surface area contributed by atoms with Crippen LogP contribution in [-0.2, 0) is 0 Å². The Morgan fingerprint density at radius 2 is 2.50 bits per heavy atom. The van der Waals surface area contributed by atoms with Crippen molar-refractivity contribution in [2.45, 2.75) is 6.92 Å². The second kappa shape index (κ2) is 4.27. The Labute approximate surface area is 36.6 Å². The number of hydrogen-bond acceptors (Lipinski definition) is 2. The molecular weight excluding hydrogens is 78.1 g/mol. The van der Waals surface area contributed by atoms with Gasteiger partial charge in [0.25, 0.3) is 0 Å². The van der Waals surface area contributed by atoms with E-state index in [1.54, 1.807) is 0 Å². The molecule has 3 nitrogen and oxygen atoms in total. The van der Waals surface area contributed by atoms with Gasteiger partial charge in [0, 0.05) is 6.54 Å². The first kappa shape index (κ1) is 5.27. The lowest BCUT2D eigenvalue weighted by Crippen LogP contribution is -1.64. The molecule has 0 aromatic rings. The van der Waals surface area contributed by atoms with E-state index in [-0.39, 0.29) is 0 Å². The van der Waals surface area contributed by atoms with Gasteiger partial charge in [0.05, 0.1) is 0 Å². The van der Waals surface area contributed by atoms with Gasteiger partial charge in [-0.1, -0.05) is 0 Å². The van der Waals surface area contributed by atoms with Crippen LogP contribution < -0.4 is 0 Å². The maximum atomic E-state index is 6.18. The van der Waals surface area contributed by atoms with Crippen LogP contribution in [0.5, 0.6) is 0 Å². The molecule has 0 saturated carbocycles. The smallest absolute Gasteiger partial charge is 0.132 e. The summed E-state index contributed by atoms with van der Waals surface area (Å²) >= 11 is 0. The van der Waals surface area contributed by atoms with Crippen molar-refractivity contribution in [3.8, 4) is 0 Å². The van der Waals surface area contributed by atoms with Crippen molar-refractivity contribution >= 4 is 6.34 Å². The minimum Gasteiger partial charge on any atom is -0.272 e. The van der Waals surface area contributed by atoms with Crippen molar-refractivity contribution in [1.82, 2.24) is 0 Å². The summed E-state index contributed by atoms with van der Waals surface area (Å²) in [4.78, 5) is 3.61. The zero-order chi connectivity index (χ0) is 4.83. The van der Waals surface area contributed by atoms with Crippen LogP contribution in [0.25, 0.3) is 0 Å². The van der Waals surface area contributed by atoms with Crippen LogP contribution >= 0.6 is 0 Å². The molecule has 6 heavy (non-hydrogen) atoms. The van der Waals surface area contributed by atoms with Crippen LogP contribution in [0.1, 0.15) is 6.92 Å². The number of aliphatic imine (C=N–C) groups is 1. The fraction of sp³-hybridized carbons (Fsp3) is 0.667. The van der Waals surface area contributed by atoms with E-state index in [1.165, 1.54) is 6.34 Å². The van der Waals surface area contributed by atoms with E-state index in [9.17, 15) is 0 Å². The zero-order valence-corrected chi connectivity index (χ0v) is 3.68. The average molecular weight is 85.1 g/mol. The Kier molecular flexibility index (Phi) is 3.75. The highest BCUT2D eigenvalue weighted by Gasteiger charge is 1.56. The van der Waals surface area contributed by atoms with Crippen LogP contribution in [0, 0.1) is 5.53 Å². The standard InChI is InChI=1S/C3H7N3/c1-2-5-3-6-4/h3-4H,2H2,1H3. The van der Waals surface area contributed by atoms with Gasteiger partial charge in [-0.15, -0.1) is 5.11 Å². The topological polar surface area (TPSA) is 48.6 Å². The lowest BCUT2D eigenvalue weighted by molar-refractivity contribution is 1.11. The number of rotatable bonds is 2. The average Bonchev–Trinajstić information content (AvgIpc) is 1.61.